The van der Waals surface area contributed by atoms with Crippen molar-refractivity contribution in [3.8, 4) is 11.3 Å². The number of benzene rings is 2. The molecule has 2 heterocycles. The molecule has 6 nitrogen and oxygen atoms in total. The number of halogens is 1. The molecule has 0 spiro atoms. The molecule has 0 fully saturated rings. The molecule has 27 heavy (non-hydrogen) atoms. The van der Waals surface area contributed by atoms with E-state index in [-0.39, 0.29) is 4.90 Å². The maximum absolute atomic E-state index is 13.3. The zero-order valence-electron chi connectivity index (χ0n) is 14.3. The lowest BCUT2D eigenvalue weighted by Crippen LogP contribution is -2.14. The van der Waals surface area contributed by atoms with Gasteiger partial charge in [-0.05, 0) is 48.9 Å². The van der Waals surface area contributed by atoms with Crippen molar-refractivity contribution >= 4 is 21.5 Å². The maximum atomic E-state index is 13.3. The van der Waals surface area contributed by atoms with Gasteiger partial charge in [-0.1, -0.05) is 12.1 Å². The zero-order chi connectivity index (χ0) is 19.0. The van der Waals surface area contributed by atoms with Gasteiger partial charge in [-0.2, -0.15) is 0 Å². The minimum absolute atomic E-state index is 0.0335. The summed E-state index contributed by atoms with van der Waals surface area (Å²) in [5.41, 5.74) is 2.15. The predicted molar refractivity (Wildman–Crippen MR) is 100 cm³/mol. The van der Waals surface area contributed by atoms with E-state index in [9.17, 15) is 12.8 Å². The van der Waals surface area contributed by atoms with Crippen molar-refractivity contribution in [3.63, 3.8) is 0 Å². The van der Waals surface area contributed by atoms with Gasteiger partial charge in [0, 0.05) is 29.8 Å². The Morgan fingerprint density at radius 1 is 1.11 bits per heavy atom. The van der Waals surface area contributed by atoms with Gasteiger partial charge in [-0.25, -0.2) is 22.8 Å². The monoisotopic (exact) mass is 382 g/mol. The summed E-state index contributed by atoms with van der Waals surface area (Å²) in [5.74, 6) is 0.0781. The average molecular weight is 382 g/mol. The minimum atomic E-state index is -3.84. The van der Waals surface area contributed by atoms with Crippen molar-refractivity contribution in [1.82, 2.24) is 14.4 Å². The molecule has 0 aliphatic carbocycles. The van der Waals surface area contributed by atoms with Crippen LogP contribution in [-0.4, -0.2) is 22.8 Å². The van der Waals surface area contributed by atoms with Crippen molar-refractivity contribution in [1.29, 1.82) is 0 Å². The topological polar surface area (TPSA) is 76.4 Å². The van der Waals surface area contributed by atoms with E-state index in [0.717, 1.165) is 11.6 Å². The summed E-state index contributed by atoms with van der Waals surface area (Å²) in [7, 11) is -3.84. The first-order valence-corrected chi connectivity index (χ1v) is 9.60. The van der Waals surface area contributed by atoms with Gasteiger partial charge >= 0.3 is 0 Å². The molecule has 0 saturated carbocycles. The van der Waals surface area contributed by atoms with Crippen molar-refractivity contribution in [2.75, 3.05) is 4.72 Å². The molecule has 2 aromatic heterocycles. The molecular formula is C19H15FN4O2S. The van der Waals surface area contributed by atoms with Crippen LogP contribution in [0.4, 0.5) is 10.1 Å². The largest absolute Gasteiger partial charge is 0.291 e. The highest BCUT2D eigenvalue weighted by molar-refractivity contribution is 7.92. The molecule has 0 amide bonds. The fourth-order valence-electron chi connectivity index (χ4n) is 2.84. The highest BCUT2D eigenvalue weighted by Gasteiger charge is 2.18. The van der Waals surface area contributed by atoms with Crippen molar-refractivity contribution in [3.05, 3.63) is 78.5 Å². The third-order valence-corrected chi connectivity index (χ3v) is 5.61. The zero-order valence-corrected chi connectivity index (χ0v) is 15.1. The van der Waals surface area contributed by atoms with Gasteiger partial charge in [0.1, 0.15) is 5.82 Å². The second-order valence-corrected chi connectivity index (χ2v) is 7.70. The molecule has 0 unspecified atom stereocenters. The quantitative estimate of drug-likeness (QED) is 0.585. The lowest BCUT2D eigenvalue weighted by Gasteiger charge is -2.11. The first kappa shape index (κ1) is 17.2. The fourth-order valence-corrected chi connectivity index (χ4v) is 4.11. The number of hydrogen-bond acceptors (Lipinski definition) is 4. The van der Waals surface area contributed by atoms with E-state index in [1.54, 1.807) is 41.8 Å². The number of sulfonamides is 1. The third-order valence-electron chi connectivity index (χ3n) is 4.07. The summed E-state index contributed by atoms with van der Waals surface area (Å²) in [5, 5.41) is 0. The molecule has 4 aromatic rings. The number of imidazole rings is 1. The molecule has 0 atom stereocenters. The molecule has 8 heteroatoms. The highest BCUT2D eigenvalue weighted by Crippen LogP contribution is 2.25. The minimum Gasteiger partial charge on any atom is -0.291 e. The van der Waals surface area contributed by atoms with Crippen LogP contribution in [0.15, 0.2) is 72.0 Å². The van der Waals surface area contributed by atoms with E-state index >= 15 is 0 Å². The van der Waals surface area contributed by atoms with Gasteiger partial charge in [-0.15, -0.1) is 0 Å². The van der Waals surface area contributed by atoms with Gasteiger partial charge < -0.3 is 0 Å². The summed E-state index contributed by atoms with van der Waals surface area (Å²) in [6, 6.07) is 12.3. The Labute approximate surface area is 155 Å². The number of anilines is 1. The van der Waals surface area contributed by atoms with Crippen molar-refractivity contribution in [2.45, 2.75) is 11.8 Å². The second-order valence-electron chi connectivity index (χ2n) is 6.05. The number of rotatable bonds is 4. The van der Waals surface area contributed by atoms with E-state index in [0.29, 0.717) is 22.7 Å². The van der Waals surface area contributed by atoms with Crippen molar-refractivity contribution in [2.24, 2.45) is 0 Å². The highest BCUT2D eigenvalue weighted by atomic mass is 32.2. The number of aromatic nitrogens is 3. The summed E-state index contributed by atoms with van der Waals surface area (Å²) in [4.78, 5) is 8.64. The molecule has 136 valence electrons. The van der Waals surface area contributed by atoms with Crippen LogP contribution in [0.3, 0.4) is 0 Å². The molecule has 0 saturated heterocycles. The SMILES string of the molecule is Cc1cc(F)ccc1S(=O)(=O)Nc1cccc(-c2cn3cccnc3n2)c1. The molecule has 0 aliphatic heterocycles. The molecule has 2 aromatic carbocycles. The third kappa shape index (κ3) is 3.39. The van der Waals surface area contributed by atoms with Gasteiger partial charge in [0.05, 0.1) is 10.6 Å². The van der Waals surface area contributed by atoms with E-state index in [2.05, 4.69) is 14.7 Å². The van der Waals surface area contributed by atoms with Crippen LogP contribution in [0.2, 0.25) is 0 Å². The Balaban J connectivity index is 1.68. The number of nitrogens with one attached hydrogen (secondary N) is 1. The second kappa shape index (κ2) is 6.48. The Morgan fingerprint density at radius 2 is 1.96 bits per heavy atom. The summed E-state index contributed by atoms with van der Waals surface area (Å²) < 4.78 is 42.9. The van der Waals surface area contributed by atoms with Crippen LogP contribution in [0.5, 0.6) is 0 Å². The van der Waals surface area contributed by atoms with Crippen LogP contribution >= 0.6 is 0 Å². The summed E-state index contributed by atoms with van der Waals surface area (Å²) in [6.07, 6.45) is 5.31. The fraction of sp³-hybridized carbons (Fsp3) is 0.0526. The van der Waals surface area contributed by atoms with Gasteiger partial charge in [0.2, 0.25) is 5.78 Å². The van der Waals surface area contributed by atoms with Crippen LogP contribution in [0.25, 0.3) is 17.0 Å². The lowest BCUT2D eigenvalue weighted by molar-refractivity contribution is 0.598. The number of hydrogen-bond donors (Lipinski definition) is 1. The predicted octanol–water partition coefficient (Wildman–Crippen LogP) is 3.64. The summed E-state index contributed by atoms with van der Waals surface area (Å²) >= 11 is 0. The molecule has 0 radical (unpaired) electrons. The lowest BCUT2D eigenvalue weighted by atomic mass is 10.1. The molecule has 0 bridgehead atoms. The van der Waals surface area contributed by atoms with Gasteiger partial charge in [0.25, 0.3) is 10.0 Å². The van der Waals surface area contributed by atoms with E-state index in [4.69, 9.17) is 0 Å². The average Bonchev–Trinajstić information content (AvgIpc) is 3.05. The van der Waals surface area contributed by atoms with Crippen molar-refractivity contribution < 1.29 is 12.8 Å². The Bertz CT molecular complexity index is 1220. The van der Waals surface area contributed by atoms with E-state index < -0.39 is 15.8 Å². The van der Waals surface area contributed by atoms with Crippen LogP contribution in [0.1, 0.15) is 5.56 Å². The van der Waals surface area contributed by atoms with Crippen LogP contribution < -0.4 is 4.72 Å². The smallest absolute Gasteiger partial charge is 0.262 e. The molecule has 1 N–H and O–H groups in total. The Hall–Kier alpha value is -3.26. The van der Waals surface area contributed by atoms with Crippen LogP contribution in [0, 0.1) is 12.7 Å². The van der Waals surface area contributed by atoms with E-state index in [1.807, 2.05) is 18.5 Å². The van der Waals surface area contributed by atoms with E-state index in [1.165, 1.54) is 12.1 Å². The normalized spacial score (nSPS) is 11.6. The Morgan fingerprint density at radius 3 is 2.74 bits per heavy atom. The molecule has 0 aliphatic rings. The maximum Gasteiger partial charge on any atom is 0.262 e. The first-order chi connectivity index (χ1) is 12.9. The Kier molecular flexibility index (Phi) is 4.12. The van der Waals surface area contributed by atoms with Gasteiger partial charge in [-0.3, -0.25) is 9.12 Å². The number of fused-ring (bicyclic) bond motifs is 1. The molecular weight excluding hydrogens is 367 g/mol. The number of nitrogens with zero attached hydrogens (tertiary/aromatic N) is 3. The number of aryl methyl sites for hydroxylation is 1. The van der Waals surface area contributed by atoms with Gasteiger partial charge in [0.15, 0.2) is 0 Å². The molecule has 4 rings (SSSR count). The first-order valence-electron chi connectivity index (χ1n) is 8.11. The summed E-state index contributed by atoms with van der Waals surface area (Å²) in [6.45, 7) is 1.55. The van der Waals surface area contributed by atoms with Crippen LogP contribution in [-0.2, 0) is 10.0 Å². The standard InChI is InChI=1S/C19H15FN4O2S/c1-13-10-15(20)6-7-18(13)27(25,26)23-16-5-2-4-14(11-16)17-12-24-9-3-8-21-19(24)22-17/h2-12,23H,1H3.